The highest BCUT2D eigenvalue weighted by Crippen LogP contribution is 2.30. The number of hydrogen-bond acceptors (Lipinski definition) is 4. The lowest BCUT2D eigenvalue weighted by molar-refractivity contribution is -0.153. The molecule has 0 spiro atoms. The molecule has 174 valence electrons. The standard InChI is InChI=1S/C21H15F6N3O3/c1-12-8-17(31)18(29-30(12)15-6-2-4-13(9-15)21(25,26)27)19(32)28-14-5-3-7-16(10-14)33-11-20(22,23)24/h2-10H,11H2,1H3,(H,28,32). The zero-order valence-electron chi connectivity index (χ0n) is 16.8. The molecule has 0 radical (unpaired) electrons. The summed E-state index contributed by atoms with van der Waals surface area (Å²) >= 11 is 0. The van der Waals surface area contributed by atoms with Crippen molar-refractivity contribution in [1.82, 2.24) is 9.78 Å². The third-order valence-corrected chi connectivity index (χ3v) is 4.23. The van der Waals surface area contributed by atoms with Gasteiger partial charge >= 0.3 is 12.4 Å². The fourth-order valence-electron chi connectivity index (χ4n) is 2.80. The number of carbonyl (C=O) groups excluding carboxylic acids is 1. The molecule has 1 amide bonds. The molecule has 0 atom stereocenters. The van der Waals surface area contributed by atoms with Crippen molar-refractivity contribution in [1.29, 1.82) is 0 Å². The second kappa shape index (κ2) is 8.96. The number of alkyl halides is 6. The second-order valence-electron chi connectivity index (χ2n) is 6.84. The summed E-state index contributed by atoms with van der Waals surface area (Å²) in [5.74, 6) is -1.18. The van der Waals surface area contributed by atoms with Gasteiger partial charge in [0.05, 0.1) is 11.3 Å². The summed E-state index contributed by atoms with van der Waals surface area (Å²) < 4.78 is 81.7. The number of aryl methyl sites for hydroxylation is 1. The Labute approximate surface area is 182 Å². The number of hydrogen-bond donors (Lipinski definition) is 1. The van der Waals surface area contributed by atoms with E-state index in [1.54, 1.807) is 0 Å². The van der Waals surface area contributed by atoms with E-state index in [2.05, 4.69) is 15.2 Å². The molecule has 0 bridgehead atoms. The highest BCUT2D eigenvalue weighted by molar-refractivity contribution is 6.02. The number of nitrogens with one attached hydrogen (secondary N) is 1. The summed E-state index contributed by atoms with van der Waals surface area (Å²) in [6.07, 6.45) is -9.16. The number of anilines is 1. The largest absolute Gasteiger partial charge is 0.484 e. The van der Waals surface area contributed by atoms with Crippen LogP contribution in [0.4, 0.5) is 32.0 Å². The molecular formula is C21H15F6N3O3. The molecule has 0 aliphatic rings. The highest BCUT2D eigenvalue weighted by atomic mass is 19.4. The molecule has 6 nitrogen and oxygen atoms in total. The first-order valence-electron chi connectivity index (χ1n) is 9.23. The van der Waals surface area contributed by atoms with Gasteiger partial charge in [-0.2, -0.15) is 31.4 Å². The average Bonchev–Trinajstić information content (AvgIpc) is 2.71. The predicted molar refractivity (Wildman–Crippen MR) is 106 cm³/mol. The minimum atomic E-state index is -4.61. The van der Waals surface area contributed by atoms with Crippen molar-refractivity contribution in [2.45, 2.75) is 19.3 Å². The normalized spacial score (nSPS) is 11.8. The Bertz CT molecular complexity index is 1230. The van der Waals surface area contributed by atoms with Crippen molar-refractivity contribution in [2.75, 3.05) is 11.9 Å². The third kappa shape index (κ3) is 6.11. The van der Waals surface area contributed by atoms with Gasteiger partial charge in [-0.25, -0.2) is 4.68 Å². The van der Waals surface area contributed by atoms with Crippen LogP contribution >= 0.6 is 0 Å². The molecule has 0 saturated carbocycles. The maximum atomic E-state index is 13.0. The molecule has 0 fully saturated rings. The van der Waals surface area contributed by atoms with Crippen LogP contribution in [0.5, 0.6) is 5.75 Å². The van der Waals surface area contributed by atoms with Gasteiger partial charge in [0.15, 0.2) is 12.3 Å². The highest BCUT2D eigenvalue weighted by Gasteiger charge is 2.31. The molecule has 33 heavy (non-hydrogen) atoms. The number of ether oxygens (including phenoxy) is 1. The van der Waals surface area contributed by atoms with Crippen LogP contribution in [0.3, 0.4) is 0 Å². The van der Waals surface area contributed by atoms with E-state index in [0.29, 0.717) is 0 Å². The molecule has 3 aromatic rings. The monoisotopic (exact) mass is 471 g/mol. The van der Waals surface area contributed by atoms with E-state index >= 15 is 0 Å². The molecule has 3 rings (SSSR count). The Hall–Kier alpha value is -3.83. The van der Waals surface area contributed by atoms with Gasteiger partial charge in [-0.15, -0.1) is 0 Å². The Morgan fingerprint density at radius 2 is 1.73 bits per heavy atom. The Kier molecular flexibility index (Phi) is 6.47. The van der Waals surface area contributed by atoms with Crippen LogP contribution in [0, 0.1) is 6.92 Å². The Morgan fingerprint density at radius 3 is 2.39 bits per heavy atom. The molecule has 1 aromatic heterocycles. The van der Waals surface area contributed by atoms with Crippen LogP contribution in [-0.4, -0.2) is 28.5 Å². The first kappa shape index (κ1) is 23.8. The lowest BCUT2D eigenvalue weighted by Crippen LogP contribution is -2.27. The molecular weight excluding hydrogens is 456 g/mol. The minimum Gasteiger partial charge on any atom is -0.484 e. The number of halogens is 6. The molecule has 0 saturated heterocycles. The van der Waals surface area contributed by atoms with Crippen LogP contribution < -0.4 is 15.5 Å². The van der Waals surface area contributed by atoms with Crippen LogP contribution in [0.2, 0.25) is 0 Å². The Balaban J connectivity index is 1.89. The van der Waals surface area contributed by atoms with Crippen LogP contribution in [0.15, 0.2) is 59.4 Å². The molecule has 1 N–H and O–H groups in total. The van der Waals surface area contributed by atoms with Gasteiger partial charge in [-0.1, -0.05) is 12.1 Å². The Morgan fingerprint density at radius 1 is 1.03 bits per heavy atom. The van der Waals surface area contributed by atoms with Crippen LogP contribution in [0.25, 0.3) is 5.69 Å². The van der Waals surface area contributed by atoms with Crippen molar-refractivity contribution in [3.05, 3.63) is 81.8 Å². The van der Waals surface area contributed by atoms with E-state index in [1.165, 1.54) is 31.2 Å². The van der Waals surface area contributed by atoms with Crippen molar-refractivity contribution in [2.24, 2.45) is 0 Å². The molecule has 12 heteroatoms. The maximum absolute atomic E-state index is 13.0. The lowest BCUT2D eigenvalue weighted by atomic mass is 10.2. The second-order valence-corrected chi connectivity index (χ2v) is 6.84. The van der Waals surface area contributed by atoms with E-state index in [9.17, 15) is 35.9 Å². The summed E-state index contributed by atoms with van der Waals surface area (Å²) in [6, 6.07) is 10.2. The number of rotatable bonds is 5. The molecule has 0 aliphatic carbocycles. The smallest absolute Gasteiger partial charge is 0.422 e. The number of nitrogens with zero attached hydrogens (tertiary/aromatic N) is 2. The summed E-state index contributed by atoms with van der Waals surface area (Å²) in [5, 5.41) is 6.21. The number of benzene rings is 2. The van der Waals surface area contributed by atoms with Gasteiger partial charge in [0.2, 0.25) is 5.43 Å². The predicted octanol–water partition coefficient (Wildman–Crippen LogP) is 4.75. The summed E-state index contributed by atoms with van der Waals surface area (Å²) in [7, 11) is 0. The third-order valence-electron chi connectivity index (χ3n) is 4.23. The van der Waals surface area contributed by atoms with Crippen molar-refractivity contribution in [3.63, 3.8) is 0 Å². The summed E-state index contributed by atoms with van der Waals surface area (Å²) in [4.78, 5) is 24.9. The number of carbonyl (C=O) groups is 1. The van der Waals surface area contributed by atoms with Gasteiger partial charge in [0.25, 0.3) is 5.91 Å². The van der Waals surface area contributed by atoms with Crippen molar-refractivity contribution < 1.29 is 35.9 Å². The zero-order valence-corrected chi connectivity index (χ0v) is 16.8. The van der Waals surface area contributed by atoms with Gasteiger partial charge in [-0.3, -0.25) is 9.59 Å². The SMILES string of the molecule is Cc1cc(=O)c(C(=O)Nc2cccc(OCC(F)(F)F)c2)nn1-c1cccc(C(F)(F)F)c1. The summed E-state index contributed by atoms with van der Waals surface area (Å²) in [5.41, 5.74) is -2.19. The first-order chi connectivity index (χ1) is 15.3. The topological polar surface area (TPSA) is 73.2 Å². The van der Waals surface area contributed by atoms with E-state index in [4.69, 9.17) is 0 Å². The lowest BCUT2D eigenvalue weighted by Gasteiger charge is -2.14. The molecule has 0 unspecified atom stereocenters. The molecule has 1 heterocycles. The maximum Gasteiger partial charge on any atom is 0.422 e. The first-order valence-corrected chi connectivity index (χ1v) is 9.23. The quantitative estimate of drug-likeness (QED) is 0.545. The van der Waals surface area contributed by atoms with Crippen molar-refractivity contribution in [3.8, 4) is 11.4 Å². The van der Waals surface area contributed by atoms with E-state index in [0.717, 1.165) is 35.0 Å². The summed E-state index contributed by atoms with van der Waals surface area (Å²) in [6.45, 7) is -0.108. The van der Waals surface area contributed by atoms with Gasteiger partial charge in [0, 0.05) is 23.5 Å². The number of aromatic nitrogens is 2. The van der Waals surface area contributed by atoms with Crippen molar-refractivity contribution >= 4 is 11.6 Å². The zero-order chi connectivity index (χ0) is 24.4. The molecule has 2 aromatic carbocycles. The molecule has 0 aliphatic heterocycles. The van der Waals surface area contributed by atoms with Crippen LogP contribution in [-0.2, 0) is 6.18 Å². The van der Waals surface area contributed by atoms with Gasteiger partial charge < -0.3 is 10.1 Å². The fourth-order valence-corrected chi connectivity index (χ4v) is 2.80. The fraction of sp³-hybridized carbons (Fsp3) is 0.190. The van der Waals surface area contributed by atoms with E-state index in [-0.39, 0.29) is 22.8 Å². The van der Waals surface area contributed by atoms with E-state index in [1.807, 2.05) is 0 Å². The van der Waals surface area contributed by atoms with E-state index < -0.39 is 41.6 Å². The number of amides is 1. The van der Waals surface area contributed by atoms with Gasteiger partial charge in [-0.05, 0) is 37.3 Å². The van der Waals surface area contributed by atoms with Crippen LogP contribution in [0.1, 0.15) is 21.7 Å². The van der Waals surface area contributed by atoms with Gasteiger partial charge in [0.1, 0.15) is 5.75 Å². The minimum absolute atomic E-state index is 0.0204. The average molecular weight is 471 g/mol.